The van der Waals surface area contributed by atoms with Gasteiger partial charge in [-0.15, -0.1) is 0 Å². The number of carbonyl (C=O) groups excluding carboxylic acids is 1. The highest BCUT2D eigenvalue weighted by atomic mass is 16.4. The monoisotopic (exact) mass is 285 g/mol. The maximum absolute atomic E-state index is 12.5. The van der Waals surface area contributed by atoms with Crippen molar-refractivity contribution >= 4 is 17.6 Å². The molecule has 6 heteroatoms. The van der Waals surface area contributed by atoms with Gasteiger partial charge in [0.25, 0.3) is 5.91 Å². The van der Waals surface area contributed by atoms with Crippen LogP contribution in [-0.2, 0) is 0 Å². The van der Waals surface area contributed by atoms with Gasteiger partial charge in [-0.1, -0.05) is 0 Å². The number of carbonyl (C=O) groups is 2. The highest BCUT2D eigenvalue weighted by molar-refractivity contribution is 6.05. The molecule has 1 N–H and O–H groups in total. The third-order valence-corrected chi connectivity index (χ3v) is 3.07. The van der Waals surface area contributed by atoms with Crippen molar-refractivity contribution in [1.29, 1.82) is 0 Å². The van der Waals surface area contributed by atoms with Gasteiger partial charge in [0.15, 0.2) is 0 Å². The van der Waals surface area contributed by atoms with E-state index >= 15 is 0 Å². The van der Waals surface area contributed by atoms with E-state index in [1.165, 1.54) is 12.1 Å². The molecule has 0 saturated heterocycles. The number of hydrogen-bond donors (Lipinski definition) is 1. The minimum Gasteiger partial charge on any atom is -0.478 e. The Bertz CT molecular complexity index is 671. The molecule has 0 spiro atoms. The second-order valence-electron chi connectivity index (χ2n) is 4.39. The summed E-state index contributed by atoms with van der Waals surface area (Å²) in [6.45, 7) is 3.91. The molecule has 2 aromatic rings. The van der Waals surface area contributed by atoms with Crippen molar-refractivity contribution in [3.05, 3.63) is 53.6 Å². The molecule has 21 heavy (non-hydrogen) atoms. The second kappa shape index (κ2) is 6.13. The summed E-state index contributed by atoms with van der Waals surface area (Å²) >= 11 is 0. The van der Waals surface area contributed by atoms with Gasteiger partial charge < -0.3 is 10.0 Å². The van der Waals surface area contributed by atoms with Crippen LogP contribution in [0.1, 0.15) is 33.5 Å². The Morgan fingerprint density at radius 2 is 1.86 bits per heavy atom. The summed E-state index contributed by atoms with van der Waals surface area (Å²) < 4.78 is 0. The maximum Gasteiger partial charge on any atom is 0.337 e. The van der Waals surface area contributed by atoms with Crippen LogP contribution < -0.4 is 4.90 Å². The summed E-state index contributed by atoms with van der Waals surface area (Å²) in [5.74, 6) is -1.33. The van der Waals surface area contributed by atoms with E-state index < -0.39 is 5.97 Å². The van der Waals surface area contributed by atoms with Crippen molar-refractivity contribution in [2.24, 2.45) is 0 Å². The lowest BCUT2D eigenvalue weighted by atomic mass is 10.1. The number of anilines is 1. The average Bonchev–Trinajstić information content (AvgIpc) is 2.48. The molecule has 2 rings (SSSR count). The largest absolute Gasteiger partial charge is 0.478 e. The lowest BCUT2D eigenvalue weighted by molar-refractivity contribution is 0.0695. The Balaban J connectivity index is 2.35. The smallest absolute Gasteiger partial charge is 0.337 e. The van der Waals surface area contributed by atoms with Crippen molar-refractivity contribution in [3.8, 4) is 0 Å². The average molecular weight is 285 g/mol. The Kier molecular flexibility index (Phi) is 4.27. The zero-order chi connectivity index (χ0) is 15.4. The number of carboxylic acids is 1. The normalized spacial score (nSPS) is 10.2. The van der Waals surface area contributed by atoms with Crippen LogP contribution in [0, 0.1) is 6.92 Å². The number of aromatic carboxylic acids is 1. The molecule has 6 nitrogen and oxygen atoms in total. The summed E-state index contributed by atoms with van der Waals surface area (Å²) in [5, 5.41) is 8.99. The highest BCUT2D eigenvalue weighted by Gasteiger charge is 2.19. The zero-order valence-electron chi connectivity index (χ0n) is 11.8. The molecule has 0 atom stereocenters. The van der Waals surface area contributed by atoms with E-state index in [2.05, 4.69) is 9.97 Å². The first-order valence-electron chi connectivity index (χ1n) is 6.47. The van der Waals surface area contributed by atoms with Crippen LogP contribution in [0.15, 0.2) is 36.7 Å². The molecule has 0 fully saturated rings. The van der Waals surface area contributed by atoms with E-state index in [9.17, 15) is 9.59 Å². The minimum atomic E-state index is -1.06. The number of aromatic nitrogens is 2. The third-order valence-electron chi connectivity index (χ3n) is 3.07. The van der Waals surface area contributed by atoms with Crippen molar-refractivity contribution < 1.29 is 14.7 Å². The second-order valence-corrected chi connectivity index (χ2v) is 4.39. The number of pyridine rings is 2. The molecular formula is C15H15N3O3. The van der Waals surface area contributed by atoms with Crippen LogP contribution in [0.2, 0.25) is 0 Å². The van der Waals surface area contributed by atoms with E-state index in [1.54, 1.807) is 36.4 Å². The van der Waals surface area contributed by atoms with Gasteiger partial charge in [-0.3, -0.25) is 9.78 Å². The Morgan fingerprint density at radius 1 is 1.19 bits per heavy atom. The van der Waals surface area contributed by atoms with E-state index in [0.717, 1.165) is 5.69 Å². The molecule has 2 heterocycles. The summed E-state index contributed by atoms with van der Waals surface area (Å²) in [6.07, 6.45) is 3.22. The Morgan fingerprint density at radius 3 is 2.38 bits per heavy atom. The summed E-state index contributed by atoms with van der Waals surface area (Å²) in [5.41, 5.74) is 1.35. The number of nitrogens with zero attached hydrogens (tertiary/aromatic N) is 3. The molecule has 0 unspecified atom stereocenters. The van der Waals surface area contributed by atoms with Crippen LogP contribution in [0.25, 0.3) is 0 Å². The summed E-state index contributed by atoms with van der Waals surface area (Å²) in [7, 11) is 0. The van der Waals surface area contributed by atoms with Crippen LogP contribution >= 0.6 is 0 Å². The molecule has 0 aliphatic carbocycles. The van der Waals surface area contributed by atoms with E-state index in [1.807, 2.05) is 6.92 Å². The molecule has 2 aromatic heterocycles. The molecule has 0 radical (unpaired) electrons. The first-order valence-corrected chi connectivity index (χ1v) is 6.47. The molecule has 0 aliphatic heterocycles. The quantitative estimate of drug-likeness (QED) is 0.930. The van der Waals surface area contributed by atoms with Crippen molar-refractivity contribution in [1.82, 2.24) is 9.97 Å². The first kappa shape index (κ1) is 14.6. The molecule has 0 bridgehead atoms. The Labute approximate surface area is 122 Å². The van der Waals surface area contributed by atoms with Crippen LogP contribution in [0.3, 0.4) is 0 Å². The number of rotatable bonds is 4. The van der Waals surface area contributed by atoms with E-state index in [0.29, 0.717) is 12.2 Å². The molecule has 0 aliphatic rings. The summed E-state index contributed by atoms with van der Waals surface area (Å²) in [6, 6.07) is 6.31. The van der Waals surface area contributed by atoms with Crippen LogP contribution in [-0.4, -0.2) is 33.5 Å². The predicted molar refractivity (Wildman–Crippen MR) is 77.5 cm³/mol. The van der Waals surface area contributed by atoms with Crippen molar-refractivity contribution in [2.45, 2.75) is 13.8 Å². The lowest BCUT2D eigenvalue weighted by Gasteiger charge is -2.20. The minimum absolute atomic E-state index is 0.0958. The van der Waals surface area contributed by atoms with Gasteiger partial charge in [0.2, 0.25) is 0 Å². The summed E-state index contributed by atoms with van der Waals surface area (Å²) in [4.78, 5) is 33.1. The third kappa shape index (κ3) is 3.05. The fourth-order valence-corrected chi connectivity index (χ4v) is 2.01. The van der Waals surface area contributed by atoms with Crippen LogP contribution in [0.4, 0.5) is 5.69 Å². The highest BCUT2D eigenvalue weighted by Crippen LogP contribution is 2.16. The van der Waals surface area contributed by atoms with E-state index in [-0.39, 0.29) is 17.2 Å². The van der Waals surface area contributed by atoms with Crippen molar-refractivity contribution in [3.63, 3.8) is 0 Å². The van der Waals surface area contributed by atoms with Gasteiger partial charge in [0, 0.05) is 24.6 Å². The van der Waals surface area contributed by atoms with Gasteiger partial charge in [0.05, 0.1) is 11.3 Å². The SMILES string of the molecule is CCN(C(=O)c1ccc(C(=O)O)c(C)n1)c1ccncc1. The fraction of sp³-hybridized carbons (Fsp3) is 0.200. The van der Waals surface area contributed by atoms with Crippen LogP contribution in [0.5, 0.6) is 0 Å². The number of aryl methyl sites for hydroxylation is 1. The molecule has 108 valence electrons. The maximum atomic E-state index is 12.5. The standard InChI is InChI=1S/C15H15N3O3/c1-3-18(11-6-8-16-9-7-11)14(19)13-5-4-12(15(20)21)10(2)17-13/h4-9H,3H2,1-2H3,(H,20,21). The number of hydrogen-bond acceptors (Lipinski definition) is 4. The first-order chi connectivity index (χ1) is 10.0. The number of carboxylic acid groups (broad SMARTS) is 1. The van der Waals surface area contributed by atoms with Gasteiger partial charge >= 0.3 is 5.97 Å². The predicted octanol–water partition coefficient (Wildman–Crippen LogP) is 2.15. The van der Waals surface area contributed by atoms with Crippen molar-refractivity contribution in [2.75, 3.05) is 11.4 Å². The topological polar surface area (TPSA) is 83.4 Å². The zero-order valence-corrected chi connectivity index (χ0v) is 11.8. The van der Waals surface area contributed by atoms with E-state index in [4.69, 9.17) is 5.11 Å². The Hall–Kier alpha value is -2.76. The van der Waals surface area contributed by atoms with Gasteiger partial charge in [-0.05, 0) is 38.1 Å². The van der Waals surface area contributed by atoms with Gasteiger partial charge in [-0.25, -0.2) is 9.78 Å². The number of amides is 1. The lowest BCUT2D eigenvalue weighted by Crippen LogP contribution is -2.31. The molecule has 0 saturated carbocycles. The fourth-order valence-electron chi connectivity index (χ4n) is 2.01. The van der Waals surface area contributed by atoms with Gasteiger partial charge in [0.1, 0.15) is 5.69 Å². The molecular weight excluding hydrogens is 270 g/mol. The van der Waals surface area contributed by atoms with Gasteiger partial charge in [-0.2, -0.15) is 0 Å². The molecule has 0 aromatic carbocycles. The molecule has 1 amide bonds.